The fourth-order valence-electron chi connectivity index (χ4n) is 7.22. The number of pyridine rings is 1. The molecule has 50 heavy (non-hydrogen) atoms. The number of halogens is 2. The number of hydrogen-bond acceptors (Lipinski definition) is 10. The minimum atomic E-state index is -4.00. The molecule has 1 aliphatic heterocycles. The van der Waals surface area contributed by atoms with E-state index in [0.717, 1.165) is 6.26 Å². The van der Waals surface area contributed by atoms with Gasteiger partial charge in [-0.15, -0.1) is 5.54 Å². The highest BCUT2D eigenvalue weighted by Gasteiger charge is 2.42. The molecule has 14 heteroatoms. The lowest BCUT2D eigenvalue weighted by Crippen LogP contribution is -2.49. The molecule has 1 aliphatic rings. The molecule has 4 aromatic rings. The summed E-state index contributed by atoms with van der Waals surface area (Å²) in [4.78, 5) is 14.8. The van der Waals surface area contributed by atoms with Gasteiger partial charge in [-0.1, -0.05) is 53.5 Å². The monoisotopic (exact) mass is 726 g/mol. The zero-order valence-corrected chi connectivity index (χ0v) is 31.7. The molecule has 2 aromatic carbocycles. The average Bonchev–Trinajstić information content (AvgIpc) is 3.03. The van der Waals surface area contributed by atoms with E-state index in [9.17, 15) is 13.5 Å². The van der Waals surface area contributed by atoms with Crippen LogP contribution in [0, 0.1) is 29.0 Å². The molecule has 1 saturated heterocycles. The van der Waals surface area contributed by atoms with Crippen LogP contribution in [0.5, 0.6) is 11.6 Å². The number of fused-ring (bicyclic) bond motifs is 2. The van der Waals surface area contributed by atoms with Crippen LogP contribution in [0.1, 0.15) is 47.1 Å². The van der Waals surface area contributed by atoms with E-state index in [1.807, 2.05) is 0 Å². The molecule has 0 spiro atoms. The van der Waals surface area contributed by atoms with E-state index in [4.69, 9.17) is 14.2 Å². The van der Waals surface area contributed by atoms with Gasteiger partial charge in [0, 0.05) is 49.9 Å². The third-order valence-electron chi connectivity index (χ3n) is 9.66. The Balaban J connectivity index is 1.90. The summed E-state index contributed by atoms with van der Waals surface area (Å²) in [6.07, 6.45) is 0.939. The number of benzene rings is 2. The molecular formula is C36H44F2N4O6SSi. The maximum Gasteiger partial charge on any atom is 0.249 e. The molecule has 1 fully saturated rings. The van der Waals surface area contributed by atoms with Crippen molar-refractivity contribution < 1.29 is 36.5 Å². The number of rotatable bonds is 11. The summed E-state index contributed by atoms with van der Waals surface area (Å²) in [6.45, 7) is 13.5. The number of sulfone groups is 1. The highest BCUT2D eigenvalue weighted by molar-refractivity contribution is 7.90. The zero-order valence-electron chi connectivity index (χ0n) is 29.9. The number of hydrogen-bond donors (Lipinski definition) is 1. The van der Waals surface area contributed by atoms with Gasteiger partial charge in [0.1, 0.15) is 42.1 Å². The predicted molar refractivity (Wildman–Crippen MR) is 193 cm³/mol. The van der Waals surface area contributed by atoms with Crippen molar-refractivity contribution in [1.29, 1.82) is 0 Å². The second kappa shape index (κ2) is 14.4. The van der Waals surface area contributed by atoms with Crippen LogP contribution in [-0.4, -0.2) is 83.5 Å². The maximum absolute atomic E-state index is 17.1. The van der Waals surface area contributed by atoms with Gasteiger partial charge >= 0.3 is 0 Å². The summed E-state index contributed by atoms with van der Waals surface area (Å²) < 4.78 is 75.3. The Morgan fingerprint density at radius 3 is 2.22 bits per heavy atom. The van der Waals surface area contributed by atoms with Crippen LogP contribution in [0.3, 0.4) is 0 Å². The van der Waals surface area contributed by atoms with Gasteiger partial charge in [0.25, 0.3) is 0 Å². The van der Waals surface area contributed by atoms with Gasteiger partial charge in [0.2, 0.25) is 20.9 Å². The molecule has 0 bridgehead atoms. The van der Waals surface area contributed by atoms with Crippen molar-refractivity contribution in [2.24, 2.45) is 5.92 Å². The summed E-state index contributed by atoms with van der Waals surface area (Å²) in [5.41, 5.74) is 4.06. The molecule has 0 unspecified atom stereocenters. The number of anilines is 1. The molecule has 0 atom stereocenters. The number of aliphatic hydroxyl groups excluding tert-OH is 1. The highest BCUT2D eigenvalue weighted by atomic mass is 32.2. The molecule has 0 radical (unpaired) electrons. The van der Waals surface area contributed by atoms with Crippen LogP contribution in [0.25, 0.3) is 32.9 Å². The van der Waals surface area contributed by atoms with E-state index >= 15 is 8.78 Å². The van der Waals surface area contributed by atoms with Gasteiger partial charge in [-0.05, 0) is 40.2 Å². The first-order chi connectivity index (χ1) is 23.6. The van der Waals surface area contributed by atoms with E-state index in [-0.39, 0.29) is 75.4 Å². The van der Waals surface area contributed by atoms with Gasteiger partial charge in [-0.3, -0.25) is 0 Å². The number of aromatic nitrogens is 3. The topological polar surface area (TPSA) is 124 Å². The first kappa shape index (κ1) is 37.4. The van der Waals surface area contributed by atoms with Gasteiger partial charge in [0.05, 0.1) is 12.7 Å². The van der Waals surface area contributed by atoms with Crippen LogP contribution in [-0.2, 0) is 14.6 Å². The molecule has 3 heterocycles. The Morgan fingerprint density at radius 1 is 1.00 bits per heavy atom. The van der Waals surface area contributed by atoms with E-state index < -0.39 is 34.7 Å². The van der Waals surface area contributed by atoms with Crippen molar-refractivity contribution in [2.45, 2.75) is 63.3 Å². The van der Waals surface area contributed by atoms with Crippen LogP contribution in [0.4, 0.5) is 14.6 Å². The van der Waals surface area contributed by atoms with Gasteiger partial charge in [0.15, 0.2) is 12.6 Å². The first-order valence-electron chi connectivity index (χ1n) is 16.5. The van der Waals surface area contributed by atoms with Crippen LogP contribution in [0.2, 0.25) is 16.6 Å². The minimum absolute atomic E-state index is 0.0647. The van der Waals surface area contributed by atoms with Crippen molar-refractivity contribution in [1.82, 2.24) is 15.0 Å². The molecule has 0 aliphatic carbocycles. The predicted octanol–water partition coefficient (Wildman–Crippen LogP) is 6.52. The summed E-state index contributed by atoms with van der Waals surface area (Å²) in [5, 5.41) is 9.93. The summed E-state index contributed by atoms with van der Waals surface area (Å²) in [5.74, 6) is 1.98. The van der Waals surface area contributed by atoms with Crippen LogP contribution >= 0.6 is 0 Å². The summed E-state index contributed by atoms with van der Waals surface area (Å²) in [7, 11) is -3.51. The third kappa shape index (κ3) is 6.64. The Labute approximate surface area is 293 Å². The summed E-state index contributed by atoms with van der Waals surface area (Å²) in [6, 6.07) is 6.12. The van der Waals surface area contributed by atoms with E-state index in [1.165, 1.54) is 26.4 Å². The Morgan fingerprint density at radius 2 is 1.66 bits per heavy atom. The van der Waals surface area contributed by atoms with E-state index in [1.54, 1.807) is 17.0 Å². The third-order valence-corrected chi connectivity index (χ3v) is 16.8. The zero-order chi connectivity index (χ0) is 36.7. The van der Waals surface area contributed by atoms with E-state index in [0.29, 0.717) is 29.6 Å². The Hall–Kier alpha value is -3.90. The smallest absolute Gasteiger partial charge is 0.249 e. The molecule has 5 rings (SSSR count). The lowest BCUT2D eigenvalue weighted by molar-refractivity contribution is 0.0512. The molecular weight excluding hydrogens is 683 g/mol. The van der Waals surface area contributed by atoms with Gasteiger partial charge in [-0.2, -0.15) is 0 Å². The lowest BCUT2D eigenvalue weighted by atomic mass is 9.95. The lowest BCUT2D eigenvalue weighted by Gasteiger charge is -2.39. The van der Waals surface area contributed by atoms with Gasteiger partial charge < -0.3 is 24.2 Å². The standard InChI is InChI=1S/C36H44F2N4O6SSi/c1-20(2)50(21(3)4,22(5)6)13-12-26-28(37)11-10-24-14-25(48-19-46-7)15-27(29(24)26)32-31(38)33-30(35(39-32)47-8)34(42-16-23(17-42)18-43)41-36(40-33)49(9,44)45/h10-11,14-15,20-23,43H,16-19H2,1-9H3. The maximum atomic E-state index is 17.1. The quantitative estimate of drug-likeness (QED) is 0.0792. The summed E-state index contributed by atoms with van der Waals surface area (Å²) >= 11 is 0. The first-order valence-corrected chi connectivity index (χ1v) is 20.6. The normalized spacial score (nSPS) is 14.1. The van der Waals surface area contributed by atoms with Crippen molar-refractivity contribution in [3.8, 4) is 34.4 Å². The Bertz CT molecular complexity index is 2090. The van der Waals surface area contributed by atoms with Crippen LogP contribution < -0.4 is 14.4 Å². The molecule has 2 aromatic heterocycles. The van der Waals surface area contributed by atoms with Crippen LogP contribution in [0.15, 0.2) is 29.4 Å². The largest absolute Gasteiger partial charge is 0.480 e. The Kier molecular flexibility index (Phi) is 10.7. The number of ether oxygens (including phenoxy) is 3. The van der Waals surface area contributed by atoms with Crippen molar-refractivity contribution >= 4 is 45.4 Å². The molecule has 268 valence electrons. The molecule has 0 saturated carbocycles. The second-order valence-corrected chi connectivity index (χ2v) is 21.2. The average molecular weight is 727 g/mol. The van der Waals surface area contributed by atoms with Crippen molar-refractivity contribution in [3.63, 3.8) is 0 Å². The molecule has 0 amide bonds. The van der Waals surface area contributed by atoms with Crippen molar-refractivity contribution in [3.05, 3.63) is 41.5 Å². The number of aliphatic hydroxyl groups is 1. The van der Waals surface area contributed by atoms with Gasteiger partial charge in [-0.25, -0.2) is 32.2 Å². The van der Waals surface area contributed by atoms with E-state index in [2.05, 4.69) is 68.0 Å². The molecule has 10 nitrogen and oxygen atoms in total. The minimum Gasteiger partial charge on any atom is -0.480 e. The van der Waals surface area contributed by atoms with Crippen molar-refractivity contribution in [2.75, 3.05) is 51.9 Å². The molecule has 1 N–H and O–H groups in total. The second-order valence-electron chi connectivity index (χ2n) is 13.8. The number of nitrogens with zero attached hydrogens (tertiary/aromatic N) is 4. The number of methoxy groups -OCH3 is 2. The fraction of sp³-hybridized carbons (Fsp3) is 0.472. The fourth-order valence-corrected chi connectivity index (χ4v) is 12.9. The SMILES string of the molecule is COCOc1cc(-c2nc(OC)c3c(N4CC(CO)C4)nc(S(C)(=O)=O)nc3c2F)c2c(C#C[Si](C(C)C)(C(C)C)C(C)C)c(F)ccc2c1. The highest BCUT2D eigenvalue weighted by Crippen LogP contribution is 2.44.